The lowest BCUT2D eigenvalue weighted by Gasteiger charge is -2.23. The van der Waals surface area contributed by atoms with Crippen molar-refractivity contribution in [3.8, 4) is 5.75 Å². The third-order valence-electron chi connectivity index (χ3n) is 5.66. The number of carbonyl (C=O) groups is 3. The number of benzene rings is 3. The van der Waals surface area contributed by atoms with Crippen molar-refractivity contribution in [2.75, 3.05) is 27.4 Å². The first kappa shape index (κ1) is 27.4. The molecule has 0 fully saturated rings. The number of hydrogen-bond acceptors (Lipinski definition) is 6. The van der Waals surface area contributed by atoms with Crippen molar-refractivity contribution in [3.05, 3.63) is 102 Å². The first-order chi connectivity index (χ1) is 18.0. The number of amides is 2. The fourth-order valence-electron chi connectivity index (χ4n) is 3.70. The third kappa shape index (κ3) is 8.77. The van der Waals surface area contributed by atoms with Gasteiger partial charge in [-0.15, -0.1) is 0 Å². The molecule has 0 aliphatic heterocycles. The van der Waals surface area contributed by atoms with E-state index in [0.717, 1.165) is 11.1 Å². The highest BCUT2D eigenvalue weighted by atomic mass is 16.5. The summed E-state index contributed by atoms with van der Waals surface area (Å²) in [5, 5.41) is 5.59. The molecule has 0 bridgehead atoms. The minimum Gasteiger partial charge on any atom is -0.491 e. The minimum atomic E-state index is -0.934. The van der Waals surface area contributed by atoms with Gasteiger partial charge in [-0.25, -0.2) is 4.79 Å². The molecule has 37 heavy (non-hydrogen) atoms. The first-order valence-electron chi connectivity index (χ1n) is 12.0. The van der Waals surface area contributed by atoms with Crippen LogP contribution in [0, 0.1) is 0 Å². The molecule has 0 radical (unpaired) electrons. The standard InChI is InChI=1S/C29H32N2O6/c1-35-17-18-37-24-15-13-22(14-16-24)19-25(30-27(32)23-11-7-4-8-12-23)28(33)31-26(29(34)36-2)20-21-9-5-3-6-10-21/h3-16,25-26H,17-20H2,1-2H3,(H,30,32)(H,31,33)/t25-,26+/m1/s1. The third-order valence-corrected chi connectivity index (χ3v) is 5.66. The normalized spacial score (nSPS) is 12.2. The van der Waals surface area contributed by atoms with E-state index >= 15 is 0 Å². The Morgan fingerprint density at radius 3 is 1.92 bits per heavy atom. The van der Waals surface area contributed by atoms with Crippen LogP contribution in [0.25, 0.3) is 0 Å². The van der Waals surface area contributed by atoms with Crippen LogP contribution in [0.2, 0.25) is 0 Å². The van der Waals surface area contributed by atoms with Gasteiger partial charge < -0.3 is 24.8 Å². The lowest BCUT2D eigenvalue weighted by Crippen LogP contribution is -2.53. The number of nitrogens with one attached hydrogen (secondary N) is 2. The summed E-state index contributed by atoms with van der Waals surface area (Å²) < 4.78 is 15.5. The predicted octanol–water partition coefficient (Wildman–Crippen LogP) is 2.95. The summed E-state index contributed by atoms with van der Waals surface area (Å²) in [6, 6.07) is 23.4. The molecule has 3 aromatic rings. The molecule has 0 unspecified atom stereocenters. The molecular formula is C29H32N2O6. The maximum atomic E-state index is 13.4. The topological polar surface area (TPSA) is 103 Å². The van der Waals surface area contributed by atoms with E-state index < -0.39 is 29.9 Å². The summed E-state index contributed by atoms with van der Waals surface area (Å²) in [6.45, 7) is 0.893. The molecule has 0 heterocycles. The average Bonchev–Trinajstić information content (AvgIpc) is 2.93. The van der Waals surface area contributed by atoms with Crippen molar-refractivity contribution >= 4 is 17.8 Å². The van der Waals surface area contributed by atoms with Crippen molar-refractivity contribution in [2.24, 2.45) is 0 Å². The molecule has 3 aromatic carbocycles. The van der Waals surface area contributed by atoms with Gasteiger partial charge in [0.05, 0.1) is 13.7 Å². The Kier molecular flexibility index (Phi) is 10.7. The van der Waals surface area contributed by atoms with E-state index in [1.54, 1.807) is 43.5 Å². The number of hydrogen-bond donors (Lipinski definition) is 2. The lowest BCUT2D eigenvalue weighted by atomic mass is 10.0. The Labute approximate surface area is 216 Å². The van der Waals surface area contributed by atoms with Crippen LogP contribution in [0.3, 0.4) is 0 Å². The summed E-state index contributed by atoms with van der Waals surface area (Å²) >= 11 is 0. The van der Waals surface area contributed by atoms with Gasteiger partial charge in [0.1, 0.15) is 24.4 Å². The van der Waals surface area contributed by atoms with E-state index in [0.29, 0.717) is 24.5 Å². The number of rotatable bonds is 13. The van der Waals surface area contributed by atoms with Gasteiger partial charge in [0, 0.05) is 25.5 Å². The van der Waals surface area contributed by atoms with Crippen LogP contribution in [-0.4, -0.2) is 57.3 Å². The number of carbonyl (C=O) groups excluding carboxylic acids is 3. The van der Waals surface area contributed by atoms with Gasteiger partial charge in [0.25, 0.3) is 5.91 Å². The second kappa shape index (κ2) is 14.4. The highest BCUT2D eigenvalue weighted by Crippen LogP contribution is 2.14. The highest BCUT2D eigenvalue weighted by Gasteiger charge is 2.28. The number of methoxy groups -OCH3 is 2. The lowest BCUT2D eigenvalue weighted by molar-refractivity contribution is -0.145. The molecule has 2 amide bonds. The highest BCUT2D eigenvalue weighted by molar-refractivity contribution is 5.98. The van der Waals surface area contributed by atoms with Crippen LogP contribution in [0.15, 0.2) is 84.9 Å². The van der Waals surface area contributed by atoms with E-state index in [-0.39, 0.29) is 12.8 Å². The number of esters is 1. The van der Waals surface area contributed by atoms with Gasteiger partial charge in [0.2, 0.25) is 5.91 Å². The van der Waals surface area contributed by atoms with Crippen LogP contribution < -0.4 is 15.4 Å². The molecule has 0 saturated carbocycles. The van der Waals surface area contributed by atoms with E-state index in [9.17, 15) is 14.4 Å². The molecule has 0 spiro atoms. The fourth-order valence-corrected chi connectivity index (χ4v) is 3.70. The second-order valence-electron chi connectivity index (χ2n) is 8.36. The van der Waals surface area contributed by atoms with Crippen molar-refractivity contribution < 1.29 is 28.6 Å². The molecule has 8 nitrogen and oxygen atoms in total. The molecule has 8 heteroatoms. The van der Waals surface area contributed by atoms with Gasteiger partial charge >= 0.3 is 5.97 Å². The average molecular weight is 505 g/mol. The Morgan fingerprint density at radius 1 is 0.703 bits per heavy atom. The molecule has 0 aliphatic carbocycles. The second-order valence-corrected chi connectivity index (χ2v) is 8.36. The molecule has 3 rings (SSSR count). The van der Waals surface area contributed by atoms with Crippen LogP contribution in [0.5, 0.6) is 5.75 Å². The largest absolute Gasteiger partial charge is 0.491 e. The SMILES string of the molecule is COCCOc1ccc(C[C@@H](NC(=O)c2ccccc2)C(=O)N[C@@H](Cc2ccccc2)C(=O)OC)cc1. The number of ether oxygens (including phenoxy) is 3. The van der Waals surface area contributed by atoms with Gasteiger partial charge in [-0.2, -0.15) is 0 Å². The molecule has 2 atom stereocenters. The molecule has 2 N–H and O–H groups in total. The van der Waals surface area contributed by atoms with Crippen LogP contribution >= 0.6 is 0 Å². The fraction of sp³-hybridized carbons (Fsp3) is 0.276. The maximum Gasteiger partial charge on any atom is 0.328 e. The Morgan fingerprint density at radius 2 is 1.30 bits per heavy atom. The summed E-state index contributed by atoms with van der Waals surface area (Å²) in [6.07, 6.45) is 0.466. The van der Waals surface area contributed by atoms with Crippen molar-refractivity contribution in [1.82, 2.24) is 10.6 Å². The molecule has 0 aliphatic rings. The minimum absolute atomic E-state index is 0.210. The summed E-state index contributed by atoms with van der Waals surface area (Å²) in [4.78, 5) is 38.8. The summed E-state index contributed by atoms with van der Waals surface area (Å²) in [5.41, 5.74) is 2.11. The maximum absolute atomic E-state index is 13.4. The Balaban J connectivity index is 1.77. The van der Waals surface area contributed by atoms with Crippen LogP contribution in [0.1, 0.15) is 21.5 Å². The van der Waals surface area contributed by atoms with E-state index in [2.05, 4.69) is 10.6 Å². The summed E-state index contributed by atoms with van der Waals surface area (Å²) in [7, 11) is 2.88. The zero-order chi connectivity index (χ0) is 26.5. The van der Waals surface area contributed by atoms with Crippen LogP contribution in [0.4, 0.5) is 0 Å². The zero-order valence-electron chi connectivity index (χ0n) is 21.0. The zero-order valence-corrected chi connectivity index (χ0v) is 21.0. The predicted molar refractivity (Wildman–Crippen MR) is 139 cm³/mol. The van der Waals surface area contributed by atoms with Gasteiger partial charge in [-0.3, -0.25) is 9.59 Å². The molecular weight excluding hydrogens is 472 g/mol. The van der Waals surface area contributed by atoms with Crippen molar-refractivity contribution in [1.29, 1.82) is 0 Å². The van der Waals surface area contributed by atoms with E-state index in [1.807, 2.05) is 48.5 Å². The monoisotopic (exact) mass is 504 g/mol. The molecule has 194 valence electrons. The molecule has 0 saturated heterocycles. The Hall–Kier alpha value is -4.17. The Bertz CT molecular complexity index is 1140. The van der Waals surface area contributed by atoms with Crippen molar-refractivity contribution in [2.45, 2.75) is 24.9 Å². The van der Waals surface area contributed by atoms with Crippen molar-refractivity contribution in [3.63, 3.8) is 0 Å². The smallest absolute Gasteiger partial charge is 0.328 e. The van der Waals surface area contributed by atoms with Gasteiger partial charge in [-0.05, 0) is 35.4 Å². The summed E-state index contributed by atoms with van der Waals surface area (Å²) in [5.74, 6) is -0.777. The van der Waals surface area contributed by atoms with E-state index in [1.165, 1.54) is 7.11 Å². The van der Waals surface area contributed by atoms with E-state index in [4.69, 9.17) is 14.2 Å². The quantitative estimate of drug-likeness (QED) is 0.274. The van der Waals surface area contributed by atoms with Gasteiger partial charge in [-0.1, -0.05) is 60.7 Å². The molecule has 0 aromatic heterocycles. The van der Waals surface area contributed by atoms with Gasteiger partial charge in [0.15, 0.2) is 0 Å². The first-order valence-corrected chi connectivity index (χ1v) is 12.0. The van der Waals surface area contributed by atoms with Crippen LogP contribution in [-0.2, 0) is 31.9 Å².